The van der Waals surface area contributed by atoms with Gasteiger partial charge in [0.15, 0.2) is 5.82 Å². The second-order valence-corrected chi connectivity index (χ2v) is 5.64. The zero-order valence-electron chi connectivity index (χ0n) is 12.4. The summed E-state index contributed by atoms with van der Waals surface area (Å²) in [6, 6.07) is 8.05. The molecule has 0 spiro atoms. The Morgan fingerprint density at radius 3 is 2.75 bits per heavy atom. The first kappa shape index (κ1) is 16.2. The molecule has 0 atom stereocenters. The number of benzene rings is 1. The smallest absolute Gasteiger partial charge is 0.275 e. The highest BCUT2D eigenvalue weighted by molar-refractivity contribution is 6.36. The van der Waals surface area contributed by atoms with Crippen LogP contribution in [0.3, 0.4) is 0 Å². The molecule has 0 aliphatic heterocycles. The fourth-order valence-electron chi connectivity index (χ4n) is 1.86. The quantitative estimate of drug-likeness (QED) is 0.725. The van der Waals surface area contributed by atoms with Crippen molar-refractivity contribution in [1.29, 1.82) is 0 Å². The van der Waals surface area contributed by atoms with E-state index in [0.717, 1.165) is 0 Å². The summed E-state index contributed by atoms with van der Waals surface area (Å²) in [7, 11) is 0. The molecule has 0 radical (unpaired) electrons. The van der Waals surface area contributed by atoms with E-state index < -0.39 is 5.91 Å². The summed E-state index contributed by atoms with van der Waals surface area (Å²) in [5.74, 6) is 0.693. The molecule has 2 aromatic heterocycles. The van der Waals surface area contributed by atoms with Gasteiger partial charge in [-0.1, -0.05) is 28.4 Å². The molecule has 3 aromatic rings. The number of carbonyl (C=O) groups excluding carboxylic acids is 1. The van der Waals surface area contributed by atoms with Crippen molar-refractivity contribution in [3.63, 3.8) is 0 Å². The van der Waals surface area contributed by atoms with E-state index in [1.807, 2.05) is 0 Å². The average Bonchev–Trinajstić information content (AvgIpc) is 2.95. The van der Waals surface area contributed by atoms with Gasteiger partial charge < -0.3 is 15.2 Å². The Morgan fingerprint density at radius 1 is 1.21 bits per heavy atom. The van der Waals surface area contributed by atoms with Gasteiger partial charge in [-0.3, -0.25) is 4.79 Å². The molecule has 0 fully saturated rings. The molecule has 2 N–H and O–H groups in total. The molecule has 0 unspecified atom stereocenters. The van der Waals surface area contributed by atoms with Crippen molar-refractivity contribution in [3.8, 4) is 0 Å². The van der Waals surface area contributed by atoms with E-state index in [0.29, 0.717) is 27.3 Å². The Kier molecular flexibility index (Phi) is 4.64. The molecular formula is C15H11Cl2N5O2. The van der Waals surface area contributed by atoms with E-state index in [9.17, 15) is 4.79 Å². The Balaban J connectivity index is 1.77. The van der Waals surface area contributed by atoms with Crippen LogP contribution in [-0.2, 0) is 0 Å². The lowest BCUT2D eigenvalue weighted by atomic mass is 10.3. The van der Waals surface area contributed by atoms with Gasteiger partial charge in [0.2, 0.25) is 5.95 Å². The molecule has 1 aromatic carbocycles. The summed E-state index contributed by atoms with van der Waals surface area (Å²) in [5, 5.41) is 10.1. The first-order valence-electron chi connectivity index (χ1n) is 6.81. The van der Waals surface area contributed by atoms with Crippen LogP contribution in [0.5, 0.6) is 0 Å². The van der Waals surface area contributed by atoms with Crippen molar-refractivity contribution in [3.05, 3.63) is 58.0 Å². The molecule has 0 saturated carbocycles. The van der Waals surface area contributed by atoms with Gasteiger partial charge in [-0.15, -0.1) is 0 Å². The number of carbonyl (C=O) groups is 1. The van der Waals surface area contributed by atoms with Gasteiger partial charge in [-0.2, -0.15) is 0 Å². The normalized spacial score (nSPS) is 10.5. The number of hydrogen-bond donors (Lipinski definition) is 2. The topological polar surface area (TPSA) is 92.9 Å². The van der Waals surface area contributed by atoms with Crippen LogP contribution in [0.1, 0.15) is 16.2 Å². The molecule has 0 aliphatic rings. The minimum atomic E-state index is -0.434. The maximum atomic E-state index is 12.2. The second kappa shape index (κ2) is 6.86. The molecule has 9 heteroatoms. The highest BCUT2D eigenvalue weighted by atomic mass is 35.5. The lowest BCUT2D eigenvalue weighted by Gasteiger charge is -2.08. The summed E-state index contributed by atoms with van der Waals surface area (Å²) in [6.45, 7) is 1.73. The van der Waals surface area contributed by atoms with Crippen molar-refractivity contribution in [2.75, 3.05) is 10.6 Å². The number of nitrogens with zero attached hydrogens (tertiary/aromatic N) is 3. The van der Waals surface area contributed by atoms with E-state index in [2.05, 4.69) is 25.8 Å². The molecule has 0 bridgehead atoms. The summed E-state index contributed by atoms with van der Waals surface area (Å²) in [4.78, 5) is 20.4. The summed E-state index contributed by atoms with van der Waals surface area (Å²) in [5.41, 5.74) is 0.740. The second-order valence-electron chi connectivity index (χ2n) is 4.79. The molecule has 2 heterocycles. The van der Waals surface area contributed by atoms with Crippen LogP contribution in [0, 0.1) is 6.92 Å². The molecule has 1 amide bonds. The average molecular weight is 364 g/mol. The fourth-order valence-corrected chi connectivity index (χ4v) is 2.32. The van der Waals surface area contributed by atoms with Gasteiger partial charge in [-0.05, 0) is 31.2 Å². The number of hydrogen-bond acceptors (Lipinski definition) is 6. The molecule has 122 valence electrons. The maximum Gasteiger partial charge on any atom is 0.275 e. The van der Waals surface area contributed by atoms with E-state index in [1.165, 1.54) is 12.3 Å². The largest absolute Gasteiger partial charge is 0.360 e. The summed E-state index contributed by atoms with van der Waals surface area (Å²) >= 11 is 11.9. The number of aryl methyl sites for hydroxylation is 1. The van der Waals surface area contributed by atoms with Gasteiger partial charge in [0.25, 0.3) is 5.91 Å². The van der Waals surface area contributed by atoms with Crippen molar-refractivity contribution in [2.24, 2.45) is 0 Å². The van der Waals surface area contributed by atoms with Crippen LogP contribution >= 0.6 is 23.2 Å². The molecule has 0 saturated heterocycles. The standard InChI is InChI=1S/C15H11Cl2N5O2/c1-8-6-13(22-24-8)21-14(23)12-4-5-18-15(20-12)19-11-3-2-9(16)7-10(11)17/h2-7H,1H3,(H,18,19,20)(H,21,22,23). The third-order valence-electron chi connectivity index (χ3n) is 2.94. The number of rotatable bonds is 4. The van der Waals surface area contributed by atoms with Crippen LogP contribution in [0.2, 0.25) is 10.0 Å². The van der Waals surface area contributed by atoms with E-state index in [1.54, 1.807) is 31.2 Å². The van der Waals surface area contributed by atoms with Crippen LogP contribution in [0.4, 0.5) is 17.5 Å². The Bertz CT molecular complexity index is 897. The molecular weight excluding hydrogens is 353 g/mol. The van der Waals surface area contributed by atoms with Crippen LogP contribution in [0.15, 0.2) is 41.1 Å². The minimum Gasteiger partial charge on any atom is -0.360 e. The first-order valence-corrected chi connectivity index (χ1v) is 7.56. The molecule has 24 heavy (non-hydrogen) atoms. The Hall–Kier alpha value is -2.64. The maximum absolute atomic E-state index is 12.2. The predicted molar refractivity (Wildman–Crippen MR) is 91.0 cm³/mol. The number of aromatic nitrogens is 3. The number of amides is 1. The van der Waals surface area contributed by atoms with Gasteiger partial charge in [0.1, 0.15) is 11.5 Å². The van der Waals surface area contributed by atoms with Crippen LogP contribution in [0.25, 0.3) is 0 Å². The van der Waals surface area contributed by atoms with Gasteiger partial charge in [-0.25, -0.2) is 9.97 Å². The van der Waals surface area contributed by atoms with Crippen LogP contribution < -0.4 is 10.6 Å². The zero-order chi connectivity index (χ0) is 17.1. The van der Waals surface area contributed by atoms with Gasteiger partial charge in [0, 0.05) is 17.3 Å². The molecule has 0 aliphatic carbocycles. The zero-order valence-corrected chi connectivity index (χ0v) is 13.9. The van der Waals surface area contributed by atoms with Crippen molar-refractivity contribution < 1.29 is 9.32 Å². The van der Waals surface area contributed by atoms with E-state index >= 15 is 0 Å². The molecule has 3 rings (SSSR count). The number of halogens is 2. The number of nitrogens with one attached hydrogen (secondary N) is 2. The SMILES string of the molecule is Cc1cc(NC(=O)c2ccnc(Nc3ccc(Cl)cc3Cl)n2)no1. The van der Waals surface area contributed by atoms with Crippen molar-refractivity contribution in [2.45, 2.75) is 6.92 Å². The van der Waals surface area contributed by atoms with Crippen molar-refractivity contribution in [1.82, 2.24) is 15.1 Å². The third kappa shape index (κ3) is 3.81. The molecule has 7 nitrogen and oxygen atoms in total. The van der Waals surface area contributed by atoms with Crippen LogP contribution in [-0.4, -0.2) is 21.0 Å². The fraction of sp³-hybridized carbons (Fsp3) is 0.0667. The minimum absolute atomic E-state index is 0.165. The van der Waals surface area contributed by atoms with E-state index in [-0.39, 0.29) is 11.6 Å². The van der Waals surface area contributed by atoms with E-state index in [4.69, 9.17) is 27.7 Å². The monoisotopic (exact) mass is 363 g/mol. The lowest BCUT2D eigenvalue weighted by molar-refractivity contribution is 0.102. The highest BCUT2D eigenvalue weighted by Gasteiger charge is 2.12. The number of anilines is 3. The summed E-state index contributed by atoms with van der Waals surface area (Å²) < 4.78 is 4.89. The Labute approximate surface area is 147 Å². The van der Waals surface area contributed by atoms with Gasteiger partial charge in [0.05, 0.1) is 10.7 Å². The van der Waals surface area contributed by atoms with Crippen molar-refractivity contribution >= 4 is 46.6 Å². The lowest BCUT2D eigenvalue weighted by Crippen LogP contribution is -2.15. The Morgan fingerprint density at radius 2 is 2.04 bits per heavy atom. The highest BCUT2D eigenvalue weighted by Crippen LogP contribution is 2.27. The predicted octanol–water partition coefficient (Wildman–Crippen LogP) is 4.08. The summed E-state index contributed by atoms with van der Waals surface area (Å²) in [6.07, 6.45) is 1.46. The third-order valence-corrected chi connectivity index (χ3v) is 3.48. The first-order chi connectivity index (χ1) is 11.5. The van der Waals surface area contributed by atoms with Gasteiger partial charge >= 0.3 is 0 Å².